The Morgan fingerprint density at radius 1 is 0.297 bits per heavy atom. The van der Waals surface area contributed by atoms with Crippen LogP contribution >= 0.6 is 0 Å². The number of allylic oxidation sites excluding steroid dienone is 34. The molecule has 0 aromatic carbocycles. The van der Waals surface area contributed by atoms with Crippen LogP contribution in [0.15, 0.2) is 207 Å². The average Bonchev–Trinajstić information content (AvgIpc) is 3.40. The summed E-state index contributed by atoms with van der Waals surface area (Å²) in [6.07, 6.45) is 92.2. The van der Waals surface area contributed by atoms with Crippen molar-refractivity contribution in [2.24, 2.45) is 0 Å². The number of unbranched alkanes of at least 4 members (excludes halogenated alkanes) is 12. The van der Waals surface area contributed by atoms with Crippen LogP contribution in [0.3, 0.4) is 0 Å². The zero-order valence-electron chi connectivity index (χ0n) is 46.2. The molecule has 0 aromatic heterocycles. The van der Waals surface area contributed by atoms with Gasteiger partial charge in [-0.3, -0.25) is 14.4 Å². The molecule has 0 radical (unpaired) electrons. The van der Waals surface area contributed by atoms with Gasteiger partial charge in [0.2, 0.25) is 0 Å². The van der Waals surface area contributed by atoms with Gasteiger partial charge >= 0.3 is 17.9 Å². The molecule has 0 aliphatic rings. The molecule has 0 rings (SSSR count). The zero-order chi connectivity index (χ0) is 53.6. The van der Waals surface area contributed by atoms with Gasteiger partial charge in [-0.05, 0) is 103 Å². The summed E-state index contributed by atoms with van der Waals surface area (Å²) in [6, 6.07) is 0. The Morgan fingerprint density at radius 2 is 0.595 bits per heavy atom. The highest BCUT2D eigenvalue weighted by Gasteiger charge is 2.19. The van der Waals surface area contributed by atoms with Gasteiger partial charge in [-0.15, -0.1) is 0 Å². The molecule has 74 heavy (non-hydrogen) atoms. The van der Waals surface area contributed by atoms with Gasteiger partial charge in [-0.25, -0.2) is 0 Å². The van der Waals surface area contributed by atoms with Crippen LogP contribution in [0, 0.1) is 0 Å². The number of rotatable bonds is 47. The van der Waals surface area contributed by atoms with Crippen molar-refractivity contribution in [2.45, 2.75) is 187 Å². The fraction of sp³-hybridized carbons (Fsp3) is 0.456. The summed E-state index contributed by atoms with van der Waals surface area (Å²) in [7, 11) is 0. The lowest BCUT2D eigenvalue weighted by Crippen LogP contribution is -2.30. The van der Waals surface area contributed by atoms with E-state index < -0.39 is 6.10 Å². The van der Waals surface area contributed by atoms with Gasteiger partial charge in [-0.2, -0.15) is 0 Å². The number of ether oxygens (including phenoxy) is 3. The summed E-state index contributed by atoms with van der Waals surface area (Å²) in [4.78, 5) is 38.2. The van der Waals surface area contributed by atoms with Crippen LogP contribution in [-0.2, 0) is 28.6 Å². The molecule has 0 aliphatic heterocycles. The van der Waals surface area contributed by atoms with E-state index >= 15 is 0 Å². The molecule has 0 aliphatic carbocycles. The SMILES string of the molecule is CC\C=C/C=C\C=C/C=C\C=C\C=C/C=C\CCCCCC(=O)OCC(COC(=O)CCCCCCC\C=C/C=C\C=C/C=C\C=C/CCC)OC(=O)CCCCC/C=C\C/C=C\C/C=C\C/C=C\C/C=C\CC. The topological polar surface area (TPSA) is 78.9 Å². The number of hydrogen-bond acceptors (Lipinski definition) is 6. The molecule has 6 heteroatoms. The molecular formula is C68H98O6. The Morgan fingerprint density at radius 3 is 1.00 bits per heavy atom. The summed E-state index contributed by atoms with van der Waals surface area (Å²) in [5.41, 5.74) is 0. The Balaban J connectivity index is 4.68. The second-order valence-corrected chi connectivity index (χ2v) is 17.7. The third-order valence-electron chi connectivity index (χ3n) is 10.8. The quantitative estimate of drug-likeness (QED) is 0.0199. The van der Waals surface area contributed by atoms with Crippen molar-refractivity contribution in [2.75, 3.05) is 13.2 Å². The van der Waals surface area contributed by atoms with Gasteiger partial charge in [0, 0.05) is 19.3 Å². The summed E-state index contributed by atoms with van der Waals surface area (Å²) in [6.45, 7) is 6.17. The van der Waals surface area contributed by atoms with E-state index in [1.54, 1.807) is 0 Å². The summed E-state index contributed by atoms with van der Waals surface area (Å²) < 4.78 is 16.8. The molecule has 0 fully saturated rings. The van der Waals surface area contributed by atoms with E-state index in [0.717, 1.165) is 122 Å². The highest BCUT2D eigenvalue weighted by Crippen LogP contribution is 2.12. The molecule has 0 amide bonds. The molecule has 0 spiro atoms. The van der Waals surface area contributed by atoms with Gasteiger partial charge in [0.15, 0.2) is 6.10 Å². The van der Waals surface area contributed by atoms with E-state index in [1.807, 2.05) is 109 Å². The molecule has 1 atom stereocenters. The highest BCUT2D eigenvalue weighted by molar-refractivity contribution is 5.71. The third-order valence-corrected chi connectivity index (χ3v) is 10.8. The predicted octanol–water partition coefficient (Wildman–Crippen LogP) is 19.3. The Hall–Kier alpha value is -6.01. The van der Waals surface area contributed by atoms with Crippen LogP contribution in [0.1, 0.15) is 181 Å². The van der Waals surface area contributed by atoms with E-state index in [4.69, 9.17) is 14.2 Å². The second kappa shape index (κ2) is 59.6. The zero-order valence-corrected chi connectivity index (χ0v) is 46.2. The van der Waals surface area contributed by atoms with Crippen molar-refractivity contribution in [3.05, 3.63) is 207 Å². The molecule has 0 saturated carbocycles. The first kappa shape index (κ1) is 68.0. The molecular weight excluding hydrogens is 913 g/mol. The second-order valence-electron chi connectivity index (χ2n) is 17.7. The molecule has 0 heterocycles. The van der Waals surface area contributed by atoms with Gasteiger partial charge in [0.1, 0.15) is 13.2 Å². The van der Waals surface area contributed by atoms with E-state index in [2.05, 4.69) is 118 Å². The van der Waals surface area contributed by atoms with Crippen molar-refractivity contribution >= 4 is 17.9 Å². The molecule has 0 bridgehead atoms. The van der Waals surface area contributed by atoms with Crippen molar-refractivity contribution in [3.63, 3.8) is 0 Å². The van der Waals surface area contributed by atoms with Gasteiger partial charge < -0.3 is 14.2 Å². The minimum absolute atomic E-state index is 0.133. The molecule has 406 valence electrons. The monoisotopic (exact) mass is 1010 g/mol. The Bertz CT molecular complexity index is 1880. The van der Waals surface area contributed by atoms with Crippen LogP contribution in [0.5, 0.6) is 0 Å². The summed E-state index contributed by atoms with van der Waals surface area (Å²) in [5, 5.41) is 0. The lowest BCUT2D eigenvalue weighted by atomic mass is 10.1. The number of esters is 3. The number of hydrogen-bond donors (Lipinski definition) is 0. The van der Waals surface area contributed by atoms with Crippen molar-refractivity contribution in [1.82, 2.24) is 0 Å². The van der Waals surface area contributed by atoms with E-state index in [1.165, 1.54) is 6.42 Å². The Labute approximate surface area is 451 Å². The fourth-order valence-electron chi connectivity index (χ4n) is 6.66. The van der Waals surface area contributed by atoms with Gasteiger partial charge in [0.05, 0.1) is 0 Å². The highest BCUT2D eigenvalue weighted by atomic mass is 16.6. The fourth-order valence-corrected chi connectivity index (χ4v) is 6.66. The first-order valence-corrected chi connectivity index (χ1v) is 28.3. The maximum atomic E-state index is 12.9. The summed E-state index contributed by atoms with van der Waals surface area (Å²) in [5.74, 6) is -1.05. The van der Waals surface area contributed by atoms with Crippen LogP contribution < -0.4 is 0 Å². The molecule has 1 unspecified atom stereocenters. The first-order valence-electron chi connectivity index (χ1n) is 28.3. The maximum Gasteiger partial charge on any atom is 0.306 e. The molecule has 0 saturated heterocycles. The molecule has 0 aromatic rings. The van der Waals surface area contributed by atoms with Crippen LogP contribution in [0.4, 0.5) is 0 Å². The number of carbonyl (C=O) groups is 3. The maximum absolute atomic E-state index is 12.9. The van der Waals surface area contributed by atoms with Crippen molar-refractivity contribution in [1.29, 1.82) is 0 Å². The van der Waals surface area contributed by atoms with Crippen molar-refractivity contribution < 1.29 is 28.6 Å². The van der Waals surface area contributed by atoms with E-state index in [-0.39, 0.29) is 44.0 Å². The van der Waals surface area contributed by atoms with Gasteiger partial charge in [0.25, 0.3) is 0 Å². The van der Waals surface area contributed by atoms with Crippen molar-refractivity contribution in [3.8, 4) is 0 Å². The number of carbonyl (C=O) groups excluding carboxylic acids is 3. The predicted molar refractivity (Wildman–Crippen MR) is 320 cm³/mol. The third kappa shape index (κ3) is 56.9. The minimum Gasteiger partial charge on any atom is -0.462 e. The van der Waals surface area contributed by atoms with E-state index in [0.29, 0.717) is 19.3 Å². The smallest absolute Gasteiger partial charge is 0.306 e. The average molecular weight is 1010 g/mol. The largest absolute Gasteiger partial charge is 0.462 e. The van der Waals surface area contributed by atoms with E-state index in [9.17, 15) is 14.4 Å². The lowest BCUT2D eigenvalue weighted by molar-refractivity contribution is -0.167. The summed E-state index contributed by atoms with van der Waals surface area (Å²) >= 11 is 0. The Kier molecular flexibility index (Phi) is 54.7. The lowest BCUT2D eigenvalue weighted by Gasteiger charge is -2.18. The van der Waals surface area contributed by atoms with Crippen LogP contribution in [0.25, 0.3) is 0 Å². The molecule has 0 N–H and O–H groups in total. The molecule has 6 nitrogen and oxygen atoms in total. The standard InChI is InChI=1S/C68H98O6/c1-4-7-10-13-16-19-22-25-28-31-34-37-40-43-46-49-52-55-58-61-67(70)73-64-65(63-72-66(69)60-57-54-51-48-45-42-39-36-33-30-27-24-21-18-15-12-9-6-3)74-68(71)62-59-56-53-50-47-44-41-38-35-32-29-26-23-20-17-14-11-8-5-2/h7-8,10-13,15-22,24-31,33-40,43-44,46-47,65H,4-6,9,14,23,32,41-42,45,48-64H2,1-3H3/b10-7-,11-8-,15-12-,16-13-,20-17-,21-18-,22-19-,27-24-,28-25-,29-26-,33-30-,34-31+,38-35-,39-36-,40-37-,46-43-,47-44-. The first-order chi connectivity index (χ1) is 36.5. The normalized spacial score (nSPS) is 13.7. The minimum atomic E-state index is -0.841. The van der Waals surface area contributed by atoms with Crippen LogP contribution in [-0.4, -0.2) is 37.2 Å². The van der Waals surface area contributed by atoms with Gasteiger partial charge in [-0.1, -0.05) is 266 Å². The van der Waals surface area contributed by atoms with Crippen LogP contribution in [0.2, 0.25) is 0 Å².